The van der Waals surface area contributed by atoms with Crippen molar-refractivity contribution in [1.82, 2.24) is 15.6 Å². The number of rotatable bonds is 2. The summed E-state index contributed by atoms with van der Waals surface area (Å²) in [5.74, 6) is -0.0521. The summed E-state index contributed by atoms with van der Waals surface area (Å²) < 4.78 is 2.36. The van der Waals surface area contributed by atoms with Gasteiger partial charge in [0.05, 0.1) is 0 Å². The third-order valence-corrected chi connectivity index (χ3v) is 6.25. The smallest absolute Gasteiger partial charge is 0.270 e. The highest BCUT2D eigenvalue weighted by atomic mass is 32.1. The van der Waals surface area contributed by atoms with E-state index < -0.39 is 0 Å². The minimum Gasteiger partial charge on any atom is -0.346 e. The molecule has 4 nitrogen and oxygen atoms in total. The highest BCUT2D eigenvalue weighted by molar-refractivity contribution is 7.25. The molecule has 1 aromatic carbocycles. The van der Waals surface area contributed by atoms with Crippen molar-refractivity contribution in [3.05, 3.63) is 42.2 Å². The van der Waals surface area contributed by atoms with Crippen LogP contribution in [0.4, 0.5) is 0 Å². The molecule has 3 aromatic rings. The lowest BCUT2D eigenvalue weighted by atomic mass is 9.95. The lowest BCUT2D eigenvalue weighted by Crippen LogP contribution is -2.43. The number of carbonyl (C=O) groups excluding carboxylic acids is 1. The van der Waals surface area contributed by atoms with Gasteiger partial charge < -0.3 is 10.6 Å². The molecular formula is C18H17N3OS. The van der Waals surface area contributed by atoms with E-state index in [1.54, 1.807) is 11.3 Å². The second kappa shape index (κ2) is 5.01. The number of pyridine rings is 1. The summed E-state index contributed by atoms with van der Waals surface area (Å²) in [5.41, 5.74) is 0.520. The van der Waals surface area contributed by atoms with Crippen LogP contribution < -0.4 is 10.6 Å². The molecule has 0 unspecified atom stereocenters. The molecule has 2 aliphatic heterocycles. The summed E-state index contributed by atoms with van der Waals surface area (Å²) >= 11 is 1.72. The number of carbonyl (C=O) groups is 1. The van der Waals surface area contributed by atoms with Crippen LogP contribution in [0.1, 0.15) is 29.8 Å². The Bertz CT molecular complexity index is 919. The largest absolute Gasteiger partial charge is 0.346 e. The van der Waals surface area contributed by atoms with Crippen LogP contribution in [0.15, 0.2) is 36.5 Å². The van der Waals surface area contributed by atoms with Gasteiger partial charge in [0, 0.05) is 44.5 Å². The van der Waals surface area contributed by atoms with Crippen molar-refractivity contribution in [2.24, 2.45) is 0 Å². The Labute approximate surface area is 137 Å². The first kappa shape index (κ1) is 13.5. The summed E-state index contributed by atoms with van der Waals surface area (Å²) in [4.78, 5) is 16.9. The van der Waals surface area contributed by atoms with Crippen molar-refractivity contribution < 1.29 is 4.79 Å². The summed E-state index contributed by atoms with van der Waals surface area (Å²) in [6.45, 7) is 0. The Morgan fingerprint density at radius 1 is 1.22 bits per heavy atom. The fraction of sp³-hybridized carbons (Fsp3) is 0.333. The fourth-order valence-corrected chi connectivity index (χ4v) is 5.09. The quantitative estimate of drug-likeness (QED) is 0.762. The van der Waals surface area contributed by atoms with E-state index in [1.165, 1.54) is 22.9 Å². The van der Waals surface area contributed by atoms with Gasteiger partial charge in [0.2, 0.25) is 0 Å². The zero-order valence-corrected chi connectivity index (χ0v) is 13.4. The van der Waals surface area contributed by atoms with Crippen LogP contribution >= 0.6 is 11.3 Å². The number of fused-ring (bicyclic) bond motifs is 5. The van der Waals surface area contributed by atoms with Crippen molar-refractivity contribution >= 4 is 37.4 Å². The van der Waals surface area contributed by atoms with E-state index >= 15 is 0 Å². The standard InChI is InChI=1S/C18H17N3OS/c22-18(21-14-7-10-5-6-13(14)20-10)15-8-17-12(9-19-15)11-3-1-2-4-16(11)23-17/h1-4,8-10,13-14,20H,5-7H2,(H,21,22)/t10-,13+,14-/m1/s1. The third kappa shape index (κ3) is 2.15. The Morgan fingerprint density at radius 3 is 2.96 bits per heavy atom. The van der Waals surface area contributed by atoms with Crippen LogP contribution in [0.3, 0.4) is 0 Å². The number of thiophene rings is 1. The predicted octanol–water partition coefficient (Wildman–Crippen LogP) is 3.07. The molecule has 116 valence electrons. The van der Waals surface area contributed by atoms with E-state index in [1.807, 2.05) is 24.4 Å². The molecule has 2 N–H and O–H groups in total. The molecule has 5 heteroatoms. The Morgan fingerprint density at radius 2 is 2.13 bits per heavy atom. The fourth-order valence-electron chi connectivity index (χ4n) is 3.97. The van der Waals surface area contributed by atoms with Gasteiger partial charge in [-0.1, -0.05) is 18.2 Å². The normalized spacial score (nSPS) is 26.2. The summed E-state index contributed by atoms with van der Waals surface area (Å²) in [5, 5.41) is 9.06. The Hall–Kier alpha value is -1.98. The maximum atomic E-state index is 12.5. The van der Waals surface area contributed by atoms with Gasteiger partial charge in [-0.25, -0.2) is 0 Å². The molecule has 1 amide bonds. The lowest BCUT2D eigenvalue weighted by molar-refractivity contribution is 0.0926. The molecule has 2 bridgehead atoms. The van der Waals surface area contributed by atoms with E-state index in [-0.39, 0.29) is 11.9 Å². The molecule has 2 aromatic heterocycles. The molecule has 3 atom stereocenters. The molecule has 5 rings (SSSR count). The van der Waals surface area contributed by atoms with Crippen LogP contribution in [-0.2, 0) is 0 Å². The molecule has 0 radical (unpaired) electrons. The van der Waals surface area contributed by atoms with Gasteiger partial charge in [-0.2, -0.15) is 0 Å². The number of benzene rings is 1. The number of hydrogen-bond acceptors (Lipinski definition) is 4. The van der Waals surface area contributed by atoms with E-state index in [0.29, 0.717) is 17.8 Å². The molecule has 2 fully saturated rings. The van der Waals surface area contributed by atoms with Gasteiger partial charge in [0.15, 0.2) is 0 Å². The molecule has 4 heterocycles. The topological polar surface area (TPSA) is 54.0 Å². The van der Waals surface area contributed by atoms with Gasteiger partial charge in [-0.15, -0.1) is 11.3 Å². The molecule has 2 aliphatic rings. The van der Waals surface area contributed by atoms with Crippen molar-refractivity contribution in [3.63, 3.8) is 0 Å². The summed E-state index contributed by atoms with van der Waals surface area (Å²) in [6.07, 6.45) is 5.28. The highest BCUT2D eigenvalue weighted by Crippen LogP contribution is 2.33. The molecule has 2 saturated heterocycles. The molecule has 23 heavy (non-hydrogen) atoms. The number of hydrogen-bond donors (Lipinski definition) is 2. The second-order valence-electron chi connectivity index (χ2n) is 6.53. The van der Waals surface area contributed by atoms with Crippen LogP contribution in [0.2, 0.25) is 0 Å². The van der Waals surface area contributed by atoms with Gasteiger partial charge in [-0.3, -0.25) is 9.78 Å². The van der Waals surface area contributed by atoms with Crippen molar-refractivity contribution in [2.45, 2.75) is 37.4 Å². The van der Waals surface area contributed by atoms with Gasteiger partial charge >= 0.3 is 0 Å². The molecular weight excluding hydrogens is 306 g/mol. The van der Waals surface area contributed by atoms with E-state index in [2.05, 4.69) is 27.8 Å². The number of aromatic nitrogens is 1. The maximum Gasteiger partial charge on any atom is 0.270 e. The monoisotopic (exact) mass is 323 g/mol. The van der Waals surface area contributed by atoms with Gasteiger partial charge in [0.25, 0.3) is 5.91 Å². The van der Waals surface area contributed by atoms with Crippen LogP contribution in [0.25, 0.3) is 20.2 Å². The van der Waals surface area contributed by atoms with Gasteiger partial charge in [-0.05, 0) is 31.4 Å². The van der Waals surface area contributed by atoms with E-state index in [0.717, 1.165) is 16.5 Å². The molecule has 0 spiro atoms. The first-order valence-electron chi connectivity index (χ1n) is 8.12. The number of nitrogens with zero attached hydrogens (tertiary/aromatic N) is 1. The predicted molar refractivity (Wildman–Crippen MR) is 92.9 cm³/mol. The van der Waals surface area contributed by atoms with Crippen molar-refractivity contribution in [1.29, 1.82) is 0 Å². The average molecular weight is 323 g/mol. The summed E-state index contributed by atoms with van der Waals surface area (Å²) in [7, 11) is 0. The lowest BCUT2D eigenvalue weighted by Gasteiger charge is -2.21. The van der Waals surface area contributed by atoms with Crippen molar-refractivity contribution in [2.75, 3.05) is 0 Å². The van der Waals surface area contributed by atoms with Crippen molar-refractivity contribution in [3.8, 4) is 0 Å². The first-order valence-corrected chi connectivity index (χ1v) is 8.94. The first-order chi connectivity index (χ1) is 11.3. The molecule has 0 aliphatic carbocycles. The average Bonchev–Trinajstić information content (AvgIpc) is 3.27. The minimum atomic E-state index is -0.0521. The van der Waals surface area contributed by atoms with Crippen LogP contribution in [0.5, 0.6) is 0 Å². The number of nitrogens with one attached hydrogen (secondary N) is 2. The zero-order valence-electron chi connectivity index (χ0n) is 12.6. The zero-order chi connectivity index (χ0) is 15.4. The summed E-state index contributed by atoms with van der Waals surface area (Å²) in [6, 6.07) is 11.5. The van der Waals surface area contributed by atoms with Gasteiger partial charge in [0.1, 0.15) is 5.69 Å². The number of amides is 1. The SMILES string of the molecule is O=C(N[C@@H]1C[C@H]2CC[C@@H]1N2)c1cc2sc3ccccc3c2cn1. The third-order valence-electron chi connectivity index (χ3n) is 5.11. The Balaban J connectivity index is 1.45. The maximum absolute atomic E-state index is 12.5. The van der Waals surface area contributed by atoms with E-state index in [4.69, 9.17) is 0 Å². The van der Waals surface area contributed by atoms with E-state index in [9.17, 15) is 4.79 Å². The Kier molecular flexibility index (Phi) is 2.93. The second-order valence-corrected chi connectivity index (χ2v) is 7.61. The van der Waals surface area contributed by atoms with Crippen LogP contribution in [-0.4, -0.2) is 29.0 Å². The van der Waals surface area contributed by atoms with Crippen LogP contribution in [0, 0.1) is 0 Å². The molecule has 0 saturated carbocycles. The highest BCUT2D eigenvalue weighted by Gasteiger charge is 2.39. The minimum absolute atomic E-state index is 0.0521.